The normalized spacial score (nSPS) is 24.3. The fourth-order valence-corrected chi connectivity index (χ4v) is 2.97. The third kappa shape index (κ3) is 3.38. The first kappa shape index (κ1) is 13.7. The van der Waals surface area contributed by atoms with Crippen molar-refractivity contribution in [3.8, 4) is 0 Å². The van der Waals surface area contributed by atoms with Crippen molar-refractivity contribution < 1.29 is 4.39 Å². The fourth-order valence-electron chi connectivity index (χ4n) is 2.79. The van der Waals surface area contributed by atoms with Crippen LogP contribution in [0.4, 0.5) is 10.1 Å². The van der Waals surface area contributed by atoms with Crippen molar-refractivity contribution in [1.82, 2.24) is 0 Å². The topological polar surface area (TPSA) is 12.0 Å². The standard InChI is InChI=1S/C15H21ClFN/c1-10(2)11-4-3-5-12(8-11)18-13-6-7-15(17)14(16)9-13/h6-7,9-12,18H,3-5,8H2,1-2H3. The Kier molecular flexibility index (Phi) is 4.50. The molecule has 0 aromatic heterocycles. The van der Waals surface area contributed by atoms with E-state index in [4.69, 9.17) is 11.6 Å². The van der Waals surface area contributed by atoms with Crippen LogP contribution in [0.3, 0.4) is 0 Å². The summed E-state index contributed by atoms with van der Waals surface area (Å²) in [4.78, 5) is 0. The summed E-state index contributed by atoms with van der Waals surface area (Å²) in [6, 6.07) is 5.36. The molecule has 18 heavy (non-hydrogen) atoms. The van der Waals surface area contributed by atoms with Gasteiger partial charge in [0.15, 0.2) is 0 Å². The second-order valence-electron chi connectivity index (χ2n) is 5.64. The summed E-state index contributed by atoms with van der Waals surface area (Å²) in [5, 5.41) is 3.67. The van der Waals surface area contributed by atoms with Gasteiger partial charge in [0, 0.05) is 11.7 Å². The Morgan fingerprint density at radius 1 is 1.33 bits per heavy atom. The second-order valence-corrected chi connectivity index (χ2v) is 6.05. The molecule has 0 saturated heterocycles. The van der Waals surface area contributed by atoms with E-state index in [1.54, 1.807) is 12.1 Å². The SMILES string of the molecule is CC(C)C1CCCC(Nc2ccc(F)c(Cl)c2)C1. The van der Waals surface area contributed by atoms with Crippen LogP contribution >= 0.6 is 11.6 Å². The molecule has 1 N–H and O–H groups in total. The minimum atomic E-state index is -0.356. The highest BCUT2D eigenvalue weighted by Crippen LogP contribution is 2.32. The van der Waals surface area contributed by atoms with Crippen LogP contribution in [0.25, 0.3) is 0 Å². The molecule has 2 unspecified atom stereocenters. The van der Waals surface area contributed by atoms with Crippen LogP contribution in [0, 0.1) is 17.7 Å². The summed E-state index contributed by atoms with van der Waals surface area (Å²) >= 11 is 5.80. The van der Waals surface area contributed by atoms with Gasteiger partial charge >= 0.3 is 0 Å². The van der Waals surface area contributed by atoms with Crippen LogP contribution in [0.15, 0.2) is 18.2 Å². The Hall–Kier alpha value is -0.760. The monoisotopic (exact) mass is 269 g/mol. The van der Waals surface area contributed by atoms with Crippen molar-refractivity contribution in [3.05, 3.63) is 29.0 Å². The molecule has 100 valence electrons. The molecule has 1 aromatic rings. The van der Waals surface area contributed by atoms with Gasteiger partial charge in [-0.3, -0.25) is 0 Å². The lowest BCUT2D eigenvalue weighted by Crippen LogP contribution is -2.29. The average molecular weight is 270 g/mol. The van der Waals surface area contributed by atoms with Gasteiger partial charge in [-0.1, -0.05) is 38.3 Å². The van der Waals surface area contributed by atoms with E-state index in [-0.39, 0.29) is 10.8 Å². The molecule has 0 amide bonds. The zero-order valence-electron chi connectivity index (χ0n) is 11.0. The van der Waals surface area contributed by atoms with E-state index in [0.717, 1.165) is 17.5 Å². The molecule has 1 aromatic carbocycles. The number of hydrogen-bond acceptors (Lipinski definition) is 1. The van der Waals surface area contributed by atoms with E-state index in [1.165, 1.54) is 31.7 Å². The lowest BCUT2D eigenvalue weighted by Gasteiger charge is -2.32. The number of halogens is 2. The van der Waals surface area contributed by atoms with Gasteiger partial charge in [0.05, 0.1) is 5.02 Å². The van der Waals surface area contributed by atoms with Gasteiger partial charge in [0.2, 0.25) is 0 Å². The number of rotatable bonds is 3. The van der Waals surface area contributed by atoms with Crippen LogP contribution < -0.4 is 5.32 Å². The Balaban J connectivity index is 1.98. The molecule has 0 heterocycles. The highest BCUT2D eigenvalue weighted by Gasteiger charge is 2.24. The molecule has 2 atom stereocenters. The maximum atomic E-state index is 13.1. The zero-order valence-corrected chi connectivity index (χ0v) is 11.8. The molecule has 1 aliphatic rings. The van der Waals surface area contributed by atoms with Gasteiger partial charge in [-0.15, -0.1) is 0 Å². The smallest absolute Gasteiger partial charge is 0.141 e. The first-order valence-electron chi connectivity index (χ1n) is 6.78. The molecule has 1 saturated carbocycles. The van der Waals surface area contributed by atoms with Gasteiger partial charge in [0.1, 0.15) is 5.82 Å². The molecule has 0 radical (unpaired) electrons. The summed E-state index contributed by atoms with van der Waals surface area (Å²) in [5.74, 6) is 1.18. The van der Waals surface area contributed by atoms with Crippen molar-refractivity contribution in [3.63, 3.8) is 0 Å². The first-order valence-corrected chi connectivity index (χ1v) is 7.15. The molecule has 3 heteroatoms. The van der Waals surface area contributed by atoms with E-state index >= 15 is 0 Å². The van der Waals surface area contributed by atoms with Crippen LogP contribution in [0.1, 0.15) is 39.5 Å². The molecule has 1 fully saturated rings. The van der Waals surface area contributed by atoms with Gasteiger partial charge in [-0.25, -0.2) is 4.39 Å². The number of nitrogens with one attached hydrogen (secondary N) is 1. The molecule has 1 nitrogen and oxygen atoms in total. The zero-order chi connectivity index (χ0) is 13.1. The fraction of sp³-hybridized carbons (Fsp3) is 0.600. The second kappa shape index (κ2) is 5.92. The Bertz CT molecular complexity index is 405. The molecular formula is C15H21ClFN. The third-order valence-electron chi connectivity index (χ3n) is 3.95. The molecule has 0 aliphatic heterocycles. The van der Waals surface area contributed by atoms with Crippen molar-refractivity contribution in [2.75, 3.05) is 5.32 Å². The predicted octanol–water partition coefficient (Wildman–Crippen LogP) is 5.11. The molecule has 2 rings (SSSR count). The third-order valence-corrected chi connectivity index (χ3v) is 4.24. The summed E-state index contributed by atoms with van der Waals surface area (Å²) in [5.41, 5.74) is 0.927. The minimum absolute atomic E-state index is 0.191. The van der Waals surface area contributed by atoms with E-state index < -0.39 is 0 Å². The molecule has 0 spiro atoms. The Labute approximate surface area is 114 Å². The number of anilines is 1. The highest BCUT2D eigenvalue weighted by molar-refractivity contribution is 6.31. The Morgan fingerprint density at radius 2 is 2.11 bits per heavy atom. The summed E-state index contributed by atoms with van der Waals surface area (Å²) in [7, 11) is 0. The first-order chi connectivity index (χ1) is 8.56. The summed E-state index contributed by atoms with van der Waals surface area (Å²) in [6.07, 6.45) is 5.00. The van der Waals surface area contributed by atoms with Gasteiger partial charge < -0.3 is 5.32 Å². The summed E-state index contributed by atoms with van der Waals surface area (Å²) in [6.45, 7) is 4.59. The van der Waals surface area contributed by atoms with Crippen molar-refractivity contribution >= 4 is 17.3 Å². The Morgan fingerprint density at radius 3 is 2.78 bits per heavy atom. The number of benzene rings is 1. The maximum Gasteiger partial charge on any atom is 0.141 e. The van der Waals surface area contributed by atoms with Crippen molar-refractivity contribution in [1.29, 1.82) is 0 Å². The van der Waals surface area contributed by atoms with Gasteiger partial charge in [-0.05, 0) is 42.9 Å². The predicted molar refractivity (Wildman–Crippen MR) is 75.6 cm³/mol. The van der Waals surface area contributed by atoms with E-state index in [0.29, 0.717) is 6.04 Å². The van der Waals surface area contributed by atoms with Crippen LogP contribution in [-0.2, 0) is 0 Å². The van der Waals surface area contributed by atoms with E-state index in [2.05, 4.69) is 19.2 Å². The molecule has 1 aliphatic carbocycles. The average Bonchev–Trinajstić information content (AvgIpc) is 2.34. The van der Waals surface area contributed by atoms with E-state index in [1.807, 2.05) is 0 Å². The molecular weight excluding hydrogens is 249 g/mol. The summed E-state index contributed by atoms with van der Waals surface area (Å²) < 4.78 is 13.1. The van der Waals surface area contributed by atoms with Crippen LogP contribution in [0.5, 0.6) is 0 Å². The van der Waals surface area contributed by atoms with Crippen LogP contribution in [-0.4, -0.2) is 6.04 Å². The van der Waals surface area contributed by atoms with Crippen molar-refractivity contribution in [2.24, 2.45) is 11.8 Å². The highest BCUT2D eigenvalue weighted by atomic mass is 35.5. The van der Waals surface area contributed by atoms with Crippen LogP contribution in [0.2, 0.25) is 5.02 Å². The van der Waals surface area contributed by atoms with Gasteiger partial charge in [0.25, 0.3) is 0 Å². The minimum Gasteiger partial charge on any atom is -0.382 e. The lowest BCUT2D eigenvalue weighted by molar-refractivity contribution is 0.264. The lowest BCUT2D eigenvalue weighted by atomic mass is 9.79. The van der Waals surface area contributed by atoms with Gasteiger partial charge in [-0.2, -0.15) is 0 Å². The maximum absolute atomic E-state index is 13.1. The largest absolute Gasteiger partial charge is 0.382 e. The van der Waals surface area contributed by atoms with Crippen molar-refractivity contribution in [2.45, 2.75) is 45.6 Å². The van der Waals surface area contributed by atoms with E-state index in [9.17, 15) is 4.39 Å². The molecule has 0 bridgehead atoms. The number of hydrogen-bond donors (Lipinski definition) is 1. The quantitative estimate of drug-likeness (QED) is 0.804.